The van der Waals surface area contributed by atoms with Gasteiger partial charge in [0, 0.05) is 23.9 Å². The number of rotatable bonds is 4. The SMILES string of the molecule is CN1C(C)(C)CC(OC(=O)[C@H]2[C@H](C(=O)Nc3ccc(Br)nc3)[C@@H]3CC[C@H]2C32CC2)CC1(C)C. The minimum atomic E-state index is -0.333. The smallest absolute Gasteiger partial charge is 0.310 e. The standard InChI is InChI=1S/C26H36BrN3O3/c1-24(2)12-16(13-25(3,4)30(24)5)33-23(32)21-18-8-7-17(26(18)10-11-26)20(21)22(31)29-15-6-9-19(27)28-14-15/h6,9,14,16-18,20-21H,7-8,10-13H2,1-5H3,(H,29,31)/t17-,18+,20+,21+/m0/s1. The van der Waals surface area contributed by atoms with Crippen molar-refractivity contribution in [3.63, 3.8) is 0 Å². The maximum absolute atomic E-state index is 13.7. The number of hydrogen-bond donors (Lipinski definition) is 1. The molecule has 3 aliphatic carbocycles. The lowest BCUT2D eigenvalue weighted by molar-refractivity contribution is -0.168. The highest BCUT2D eigenvalue weighted by Crippen LogP contribution is 2.74. The number of nitrogens with zero attached hydrogens (tertiary/aromatic N) is 2. The summed E-state index contributed by atoms with van der Waals surface area (Å²) in [4.78, 5) is 33.8. The van der Waals surface area contributed by atoms with Crippen molar-refractivity contribution in [3.8, 4) is 0 Å². The van der Waals surface area contributed by atoms with Crippen molar-refractivity contribution in [1.29, 1.82) is 0 Å². The Bertz CT molecular complexity index is 938. The number of aromatic nitrogens is 1. The van der Waals surface area contributed by atoms with Gasteiger partial charge >= 0.3 is 5.97 Å². The van der Waals surface area contributed by atoms with Crippen molar-refractivity contribution in [3.05, 3.63) is 22.9 Å². The predicted octanol–water partition coefficient (Wildman–Crippen LogP) is 5.03. The zero-order valence-corrected chi connectivity index (χ0v) is 21.9. The Balaban J connectivity index is 1.36. The van der Waals surface area contributed by atoms with E-state index < -0.39 is 0 Å². The fraction of sp³-hybridized carbons (Fsp3) is 0.731. The predicted molar refractivity (Wildman–Crippen MR) is 130 cm³/mol. The number of hydrogen-bond acceptors (Lipinski definition) is 5. The highest BCUT2D eigenvalue weighted by atomic mass is 79.9. The molecule has 4 aliphatic rings. The highest BCUT2D eigenvalue weighted by molar-refractivity contribution is 9.10. The van der Waals surface area contributed by atoms with Gasteiger partial charge in [-0.25, -0.2) is 4.98 Å². The number of pyridine rings is 1. The molecule has 4 atom stereocenters. The summed E-state index contributed by atoms with van der Waals surface area (Å²) in [5.41, 5.74) is 0.755. The molecule has 1 aromatic rings. The van der Waals surface area contributed by atoms with Gasteiger partial charge in [-0.3, -0.25) is 14.5 Å². The normalized spacial score (nSPS) is 33.8. The lowest BCUT2D eigenvalue weighted by Crippen LogP contribution is -2.60. The quantitative estimate of drug-likeness (QED) is 0.447. The summed E-state index contributed by atoms with van der Waals surface area (Å²) in [5, 5.41) is 3.05. The molecule has 1 saturated heterocycles. The topological polar surface area (TPSA) is 71.5 Å². The number of esters is 1. The van der Waals surface area contributed by atoms with Crippen molar-refractivity contribution >= 4 is 33.5 Å². The van der Waals surface area contributed by atoms with E-state index in [1.807, 2.05) is 12.1 Å². The number of carbonyl (C=O) groups is 2. The van der Waals surface area contributed by atoms with Crippen LogP contribution in [-0.4, -0.2) is 46.0 Å². The molecule has 180 valence electrons. The van der Waals surface area contributed by atoms with Gasteiger partial charge in [-0.1, -0.05) is 0 Å². The first-order valence-electron chi connectivity index (χ1n) is 12.3. The van der Waals surface area contributed by atoms with E-state index in [9.17, 15) is 9.59 Å². The second-order valence-electron chi connectivity index (χ2n) is 12.1. The molecular formula is C26H36BrN3O3. The number of halogens is 1. The summed E-state index contributed by atoms with van der Waals surface area (Å²) in [7, 11) is 2.15. The number of piperidine rings is 1. The lowest BCUT2D eigenvalue weighted by Gasteiger charge is -2.53. The van der Waals surface area contributed by atoms with Crippen LogP contribution in [0.1, 0.15) is 66.2 Å². The Labute approximate surface area is 205 Å². The second kappa shape index (κ2) is 7.77. The maximum atomic E-state index is 13.7. The Morgan fingerprint density at radius 3 is 2.21 bits per heavy atom. The first-order valence-corrected chi connectivity index (χ1v) is 13.1. The van der Waals surface area contributed by atoms with Gasteiger partial charge in [0.25, 0.3) is 0 Å². The summed E-state index contributed by atoms with van der Waals surface area (Å²) < 4.78 is 6.98. The molecule has 0 unspecified atom stereocenters. The molecule has 3 saturated carbocycles. The molecule has 1 spiro atoms. The highest BCUT2D eigenvalue weighted by Gasteiger charge is 2.72. The van der Waals surface area contributed by atoms with Crippen LogP contribution < -0.4 is 5.32 Å². The minimum Gasteiger partial charge on any atom is -0.462 e. The van der Waals surface area contributed by atoms with Crippen LogP contribution in [0.4, 0.5) is 5.69 Å². The van der Waals surface area contributed by atoms with Crippen LogP contribution >= 0.6 is 15.9 Å². The summed E-state index contributed by atoms with van der Waals surface area (Å²) in [5.74, 6) is -0.280. The molecule has 6 nitrogen and oxygen atoms in total. The molecule has 1 aromatic heterocycles. The molecule has 2 heterocycles. The minimum absolute atomic E-state index is 0.0511. The van der Waals surface area contributed by atoms with Gasteiger partial charge in [0.05, 0.1) is 23.7 Å². The number of nitrogens with one attached hydrogen (secondary N) is 1. The first kappa shape index (κ1) is 23.3. The molecule has 1 aliphatic heterocycles. The van der Waals surface area contributed by atoms with Crippen LogP contribution in [-0.2, 0) is 14.3 Å². The molecule has 4 fully saturated rings. The Morgan fingerprint density at radius 2 is 1.67 bits per heavy atom. The van der Waals surface area contributed by atoms with Crippen LogP contribution in [0.5, 0.6) is 0 Å². The Hall–Kier alpha value is -1.47. The van der Waals surface area contributed by atoms with Crippen molar-refractivity contribution < 1.29 is 14.3 Å². The zero-order chi connectivity index (χ0) is 23.8. The van der Waals surface area contributed by atoms with Crippen LogP contribution in [0.3, 0.4) is 0 Å². The lowest BCUT2D eigenvalue weighted by atomic mass is 9.77. The molecular weight excluding hydrogens is 482 g/mol. The molecule has 5 rings (SSSR count). The second-order valence-corrected chi connectivity index (χ2v) is 12.9. The Kier molecular flexibility index (Phi) is 5.48. The number of ether oxygens (including phenoxy) is 1. The maximum Gasteiger partial charge on any atom is 0.310 e. The van der Waals surface area contributed by atoms with E-state index in [1.165, 1.54) is 0 Å². The third kappa shape index (κ3) is 3.83. The average Bonchev–Trinajstić information content (AvgIpc) is 3.39. The largest absolute Gasteiger partial charge is 0.462 e. The molecule has 1 amide bonds. The summed E-state index contributed by atoms with van der Waals surface area (Å²) >= 11 is 3.33. The number of amides is 1. The van der Waals surface area contributed by atoms with Gasteiger partial charge in [-0.15, -0.1) is 0 Å². The van der Waals surface area contributed by atoms with E-state index in [-0.39, 0.29) is 58.1 Å². The van der Waals surface area contributed by atoms with E-state index in [0.717, 1.165) is 43.1 Å². The summed E-state index contributed by atoms with van der Waals surface area (Å²) in [6, 6.07) is 3.65. The van der Waals surface area contributed by atoms with E-state index in [4.69, 9.17) is 4.74 Å². The molecule has 7 heteroatoms. The van der Waals surface area contributed by atoms with Gasteiger partial charge in [0.2, 0.25) is 5.91 Å². The Morgan fingerprint density at radius 1 is 1.06 bits per heavy atom. The van der Waals surface area contributed by atoms with Crippen LogP contribution in [0, 0.1) is 29.1 Å². The van der Waals surface area contributed by atoms with Gasteiger partial charge in [-0.05, 0) is 106 Å². The fourth-order valence-electron chi connectivity index (χ4n) is 7.61. The van der Waals surface area contributed by atoms with Gasteiger partial charge in [-0.2, -0.15) is 0 Å². The molecule has 1 N–H and O–H groups in total. The van der Waals surface area contributed by atoms with Crippen molar-refractivity contribution in [2.24, 2.45) is 29.1 Å². The van der Waals surface area contributed by atoms with E-state index in [1.54, 1.807) is 6.20 Å². The summed E-state index contributed by atoms with van der Waals surface area (Å²) in [6.07, 6.45) is 7.52. The monoisotopic (exact) mass is 517 g/mol. The third-order valence-electron chi connectivity index (χ3n) is 9.47. The van der Waals surface area contributed by atoms with Gasteiger partial charge in [0.15, 0.2) is 0 Å². The van der Waals surface area contributed by atoms with E-state index in [0.29, 0.717) is 5.69 Å². The van der Waals surface area contributed by atoms with E-state index in [2.05, 4.69) is 65.9 Å². The van der Waals surface area contributed by atoms with Crippen LogP contribution in [0.15, 0.2) is 22.9 Å². The van der Waals surface area contributed by atoms with Crippen molar-refractivity contribution in [1.82, 2.24) is 9.88 Å². The van der Waals surface area contributed by atoms with Gasteiger partial charge in [0.1, 0.15) is 10.7 Å². The van der Waals surface area contributed by atoms with Gasteiger partial charge < -0.3 is 10.1 Å². The zero-order valence-electron chi connectivity index (χ0n) is 20.4. The van der Waals surface area contributed by atoms with Crippen LogP contribution in [0.2, 0.25) is 0 Å². The van der Waals surface area contributed by atoms with Crippen molar-refractivity contribution in [2.75, 3.05) is 12.4 Å². The first-order chi connectivity index (χ1) is 15.4. The van der Waals surface area contributed by atoms with E-state index >= 15 is 0 Å². The average molecular weight is 518 g/mol. The number of likely N-dealkylation sites (tertiary alicyclic amines) is 1. The molecule has 2 bridgehead atoms. The number of anilines is 1. The molecule has 0 aromatic carbocycles. The van der Waals surface area contributed by atoms with Crippen LogP contribution in [0.25, 0.3) is 0 Å². The third-order valence-corrected chi connectivity index (χ3v) is 9.94. The molecule has 33 heavy (non-hydrogen) atoms. The summed E-state index contributed by atoms with van der Waals surface area (Å²) in [6.45, 7) is 8.86. The number of carbonyl (C=O) groups excluding carboxylic acids is 2. The fourth-order valence-corrected chi connectivity index (χ4v) is 7.84. The van der Waals surface area contributed by atoms with Crippen molar-refractivity contribution in [2.45, 2.75) is 83.4 Å². The molecule has 0 radical (unpaired) electrons.